The molecule has 0 spiro atoms. The molecule has 6 aromatic rings. The number of carbonyl (C=O) groups excluding carboxylic acids is 2. The van der Waals surface area contributed by atoms with E-state index in [4.69, 9.17) is 19.8 Å². The van der Waals surface area contributed by atoms with Crippen LogP contribution in [0.15, 0.2) is 97.6 Å². The van der Waals surface area contributed by atoms with Gasteiger partial charge in [0, 0.05) is 46.3 Å². The van der Waals surface area contributed by atoms with E-state index in [0.717, 1.165) is 43.6 Å². The second-order valence-electron chi connectivity index (χ2n) is 7.01. The Balaban J connectivity index is 0.000000157. The van der Waals surface area contributed by atoms with Gasteiger partial charge in [0.1, 0.15) is 0 Å². The number of rotatable bonds is 0. The van der Waals surface area contributed by atoms with Gasteiger partial charge in [0.15, 0.2) is 0 Å². The van der Waals surface area contributed by atoms with Crippen LogP contribution in [0.3, 0.4) is 0 Å². The maximum atomic E-state index is 8.93. The minimum atomic E-state index is -2.19. The van der Waals surface area contributed by atoms with Gasteiger partial charge in [-0.25, -0.2) is 0 Å². The molecule has 0 aliphatic carbocycles. The fraction of sp³-hybridized carbons (Fsp3) is 0. The number of benzene rings is 2. The first-order chi connectivity index (χ1) is 16.5. The van der Waals surface area contributed by atoms with Crippen LogP contribution in [-0.2, 0) is 26.7 Å². The van der Waals surface area contributed by atoms with Crippen molar-refractivity contribution in [3.63, 3.8) is 0 Å². The summed E-state index contributed by atoms with van der Waals surface area (Å²) in [5, 5.41) is 22.4. The van der Waals surface area contributed by atoms with Crippen molar-refractivity contribution >= 4 is 55.6 Å². The number of aromatic nitrogens is 4. The number of carboxylic acids is 2. The Morgan fingerprint density at radius 2 is 0.686 bits per heavy atom. The zero-order chi connectivity index (χ0) is 23.9. The first-order valence-electron chi connectivity index (χ1n) is 10.1. The summed E-state index contributed by atoms with van der Waals surface area (Å²) in [5.74, 6) is -4.37. The fourth-order valence-electron chi connectivity index (χ4n) is 3.36. The van der Waals surface area contributed by atoms with Gasteiger partial charge >= 0.3 is 17.1 Å². The Kier molecular flexibility index (Phi) is 8.34. The third-order valence-electron chi connectivity index (χ3n) is 4.86. The van der Waals surface area contributed by atoms with Crippen LogP contribution in [0, 0.1) is 0 Å². The summed E-state index contributed by atoms with van der Waals surface area (Å²) in [5.41, 5.74) is 3.91. The van der Waals surface area contributed by atoms with Crippen LogP contribution in [0.1, 0.15) is 0 Å². The number of hydrogen-bond acceptors (Lipinski definition) is 8. The Hall–Kier alpha value is -4.46. The molecular weight excluding hydrogens is 488 g/mol. The molecule has 2 aromatic carbocycles. The normalized spacial score (nSPS) is 9.94. The maximum Gasteiger partial charge on any atom is 2.00 e. The SMILES string of the molecule is O=C([O-])C(=O)[O-].[Fe+2].c1cnc2c(c1)ccc1cccnc12.c1cnc2c(c1)ccc1cccnc12. The van der Waals surface area contributed by atoms with Gasteiger partial charge in [-0.15, -0.1) is 0 Å². The summed E-state index contributed by atoms with van der Waals surface area (Å²) in [6.07, 6.45) is 7.21. The molecule has 0 aliphatic rings. The van der Waals surface area contributed by atoms with Crippen LogP contribution < -0.4 is 10.2 Å². The standard InChI is InChI=1S/2C12H8N2.C2H2O4.Fe/c2*1-3-9-5-6-10-4-2-8-14-12(10)11(9)13-7-1;3-1(4)2(5)6;/h2*1-8H;(H,3,4)(H,5,6);/q;;;+2/p-2. The molecule has 0 unspecified atom stereocenters. The zero-order valence-corrected chi connectivity index (χ0v) is 19.1. The van der Waals surface area contributed by atoms with E-state index < -0.39 is 11.9 Å². The summed E-state index contributed by atoms with van der Waals surface area (Å²) in [4.78, 5) is 35.2. The predicted molar refractivity (Wildman–Crippen MR) is 124 cm³/mol. The predicted octanol–water partition coefficient (Wildman–Crippen LogP) is 2.05. The molecule has 0 amide bonds. The summed E-state index contributed by atoms with van der Waals surface area (Å²) in [6.45, 7) is 0. The summed E-state index contributed by atoms with van der Waals surface area (Å²) in [6, 6.07) is 24.3. The minimum Gasteiger partial charge on any atom is -0.543 e. The molecule has 6 rings (SSSR count). The van der Waals surface area contributed by atoms with Gasteiger partial charge in [0.2, 0.25) is 0 Å². The Morgan fingerprint density at radius 1 is 0.457 bits per heavy atom. The van der Waals surface area contributed by atoms with Gasteiger partial charge in [-0.1, -0.05) is 48.5 Å². The van der Waals surface area contributed by atoms with Gasteiger partial charge in [-0.2, -0.15) is 0 Å². The number of carbonyl (C=O) groups is 2. The number of hydrogen-bond donors (Lipinski definition) is 0. The number of fused-ring (bicyclic) bond motifs is 6. The van der Waals surface area contributed by atoms with E-state index in [1.807, 2.05) is 24.3 Å². The van der Waals surface area contributed by atoms with Crippen molar-refractivity contribution in [1.82, 2.24) is 19.9 Å². The number of nitrogens with zero attached hydrogens (tertiary/aromatic N) is 4. The van der Waals surface area contributed by atoms with Crippen molar-refractivity contribution in [2.45, 2.75) is 0 Å². The molecule has 0 saturated heterocycles. The molecule has 4 heterocycles. The molecule has 4 aromatic heterocycles. The largest absolute Gasteiger partial charge is 2.00 e. The van der Waals surface area contributed by atoms with Crippen LogP contribution >= 0.6 is 0 Å². The smallest absolute Gasteiger partial charge is 0.543 e. The molecule has 0 bridgehead atoms. The first-order valence-corrected chi connectivity index (χ1v) is 10.1. The number of pyridine rings is 4. The van der Waals surface area contributed by atoms with E-state index in [2.05, 4.69) is 68.5 Å². The van der Waals surface area contributed by atoms with Crippen molar-refractivity contribution < 1.29 is 36.9 Å². The van der Waals surface area contributed by atoms with Crippen molar-refractivity contribution in [3.8, 4) is 0 Å². The van der Waals surface area contributed by atoms with Crippen LogP contribution in [0.5, 0.6) is 0 Å². The average molecular weight is 504 g/mol. The molecule has 0 atom stereocenters. The molecule has 0 aliphatic heterocycles. The molecule has 0 saturated carbocycles. The second-order valence-corrected chi connectivity index (χ2v) is 7.01. The number of carboxylic acid groups (broad SMARTS) is 2. The fourth-order valence-corrected chi connectivity index (χ4v) is 3.36. The molecule has 35 heavy (non-hydrogen) atoms. The van der Waals surface area contributed by atoms with E-state index in [1.165, 1.54) is 0 Å². The summed E-state index contributed by atoms with van der Waals surface area (Å²) < 4.78 is 0. The Bertz CT molecular complexity index is 1410. The van der Waals surface area contributed by atoms with E-state index in [-0.39, 0.29) is 17.1 Å². The summed E-state index contributed by atoms with van der Waals surface area (Å²) in [7, 11) is 0. The maximum absolute atomic E-state index is 8.93. The van der Waals surface area contributed by atoms with Crippen LogP contribution in [0.4, 0.5) is 0 Å². The van der Waals surface area contributed by atoms with Crippen molar-refractivity contribution in [2.75, 3.05) is 0 Å². The van der Waals surface area contributed by atoms with Gasteiger partial charge in [0.05, 0.1) is 34.0 Å². The van der Waals surface area contributed by atoms with Crippen LogP contribution in [0.25, 0.3) is 43.6 Å². The van der Waals surface area contributed by atoms with Crippen LogP contribution in [-0.4, -0.2) is 31.9 Å². The molecule has 172 valence electrons. The average Bonchev–Trinajstić information content (AvgIpc) is 2.89. The molecule has 9 heteroatoms. The second kappa shape index (κ2) is 11.6. The van der Waals surface area contributed by atoms with Crippen molar-refractivity contribution in [2.24, 2.45) is 0 Å². The zero-order valence-electron chi connectivity index (χ0n) is 18.0. The van der Waals surface area contributed by atoms with Crippen molar-refractivity contribution in [1.29, 1.82) is 0 Å². The number of aliphatic carboxylic acids is 2. The quantitative estimate of drug-likeness (QED) is 0.175. The van der Waals surface area contributed by atoms with Gasteiger partial charge in [0.25, 0.3) is 0 Å². The Morgan fingerprint density at radius 3 is 0.886 bits per heavy atom. The monoisotopic (exact) mass is 504 g/mol. The topological polar surface area (TPSA) is 132 Å². The first kappa shape index (κ1) is 25.2. The third-order valence-corrected chi connectivity index (χ3v) is 4.86. The van der Waals surface area contributed by atoms with Crippen molar-refractivity contribution in [3.05, 3.63) is 97.6 Å². The molecule has 0 radical (unpaired) electrons. The Labute approximate surface area is 209 Å². The summed E-state index contributed by atoms with van der Waals surface area (Å²) >= 11 is 0. The van der Waals surface area contributed by atoms with E-state index in [9.17, 15) is 0 Å². The molecule has 0 N–H and O–H groups in total. The molecular formula is C26H16FeN4O4. The minimum absolute atomic E-state index is 0. The van der Waals surface area contributed by atoms with E-state index in [1.54, 1.807) is 24.8 Å². The molecule has 8 nitrogen and oxygen atoms in total. The van der Waals surface area contributed by atoms with E-state index >= 15 is 0 Å². The van der Waals surface area contributed by atoms with Crippen LogP contribution in [0.2, 0.25) is 0 Å². The van der Waals surface area contributed by atoms with Gasteiger partial charge < -0.3 is 19.8 Å². The van der Waals surface area contributed by atoms with E-state index in [0.29, 0.717) is 0 Å². The van der Waals surface area contributed by atoms with Gasteiger partial charge in [-0.3, -0.25) is 19.9 Å². The van der Waals surface area contributed by atoms with Gasteiger partial charge in [-0.05, 0) is 24.3 Å². The third kappa shape index (κ3) is 5.92. The molecule has 0 fully saturated rings.